The minimum atomic E-state index is -5.08. The fourth-order valence-electron chi connectivity index (χ4n) is 6.23. The summed E-state index contributed by atoms with van der Waals surface area (Å²) in [5.41, 5.74) is -0.417. The number of nitrogens with one attached hydrogen (secondary N) is 1. The highest BCUT2D eigenvalue weighted by molar-refractivity contribution is 7.12. The predicted molar refractivity (Wildman–Crippen MR) is 155 cm³/mol. The van der Waals surface area contributed by atoms with E-state index in [4.69, 9.17) is 9.90 Å². The second-order valence-corrected chi connectivity index (χ2v) is 12.8. The molecule has 2 N–H and O–H groups in total. The van der Waals surface area contributed by atoms with Gasteiger partial charge in [0.05, 0.1) is 6.54 Å². The molecule has 3 heterocycles. The topological polar surface area (TPSA) is 111 Å². The molecule has 0 radical (unpaired) electrons. The number of rotatable bonds is 7. The van der Waals surface area contributed by atoms with Crippen molar-refractivity contribution in [2.45, 2.75) is 63.1 Å². The van der Waals surface area contributed by atoms with E-state index in [9.17, 15) is 36.4 Å². The number of carboxylic acids is 1. The molecule has 7 rings (SSSR count). The van der Waals surface area contributed by atoms with Gasteiger partial charge in [0.1, 0.15) is 16.8 Å². The predicted octanol–water partition coefficient (Wildman–Crippen LogP) is 6.47. The number of carbonyl (C=O) groups excluding carboxylic acids is 1. The van der Waals surface area contributed by atoms with Gasteiger partial charge in [0.15, 0.2) is 5.69 Å². The van der Waals surface area contributed by atoms with E-state index in [0.717, 1.165) is 27.1 Å². The highest BCUT2D eigenvalue weighted by Gasteiger charge is 2.55. The number of carbonyl (C=O) groups is 2. The van der Waals surface area contributed by atoms with E-state index in [0.29, 0.717) is 17.0 Å². The fourth-order valence-corrected chi connectivity index (χ4v) is 7.27. The van der Waals surface area contributed by atoms with E-state index < -0.39 is 35.8 Å². The van der Waals surface area contributed by atoms with E-state index in [2.05, 4.69) is 16.5 Å². The summed E-state index contributed by atoms with van der Waals surface area (Å²) in [4.78, 5) is 24.9. The van der Waals surface area contributed by atoms with E-state index in [1.807, 2.05) is 0 Å². The van der Waals surface area contributed by atoms with E-state index in [-0.39, 0.29) is 42.2 Å². The van der Waals surface area contributed by atoms with Crippen LogP contribution in [0.4, 0.5) is 30.7 Å². The number of thiophene rings is 1. The van der Waals surface area contributed by atoms with Gasteiger partial charge in [0.25, 0.3) is 0 Å². The zero-order chi connectivity index (χ0) is 34.3. The molecule has 1 aromatic carbocycles. The summed E-state index contributed by atoms with van der Waals surface area (Å²) in [5, 5.41) is 23.9. The molecular formula is C31H28F7N5O3S. The number of fused-ring (bicyclic) bond motifs is 1. The molecule has 1 aliphatic heterocycles. The minimum Gasteiger partial charge on any atom is -0.475 e. The first-order chi connectivity index (χ1) is 22.0. The first kappa shape index (κ1) is 34.1. The highest BCUT2D eigenvalue weighted by Crippen LogP contribution is 2.56. The van der Waals surface area contributed by atoms with Gasteiger partial charge in [-0.25, -0.2) is 9.18 Å². The largest absolute Gasteiger partial charge is 0.490 e. The Morgan fingerprint density at radius 1 is 1.19 bits per heavy atom. The van der Waals surface area contributed by atoms with Gasteiger partial charge in [0.2, 0.25) is 5.91 Å². The third-order valence-corrected chi connectivity index (χ3v) is 9.60. The molecule has 3 aliphatic carbocycles. The van der Waals surface area contributed by atoms with Crippen molar-refractivity contribution in [2.24, 2.45) is 5.92 Å². The molecule has 8 nitrogen and oxygen atoms in total. The molecular weight excluding hydrogens is 655 g/mol. The van der Waals surface area contributed by atoms with Crippen LogP contribution in [0.5, 0.6) is 0 Å². The van der Waals surface area contributed by atoms with Crippen LogP contribution in [0.15, 0.2) is 42.6 Å². The van der Waals surface area contributed by atoms with Crippen molar-refractivity contribution >= 4 is 23.2 Å². The summed E-state index contributed by atoms with van der Waals surface area (Å²) in [7, 11) is 0. The molecule has 0 unspecified atom stereocenters. The number of amides is 1. The molecule has 3 aromatic rings. The number of halogens is 7. The van der Waals surface area contributed by atoms with Crippen LogP contribution >= 0.6 is 11.3 Å². The summed E-state index contributed by atoms with van der Waals surface area (Å²) in [5.74, 6) is -3.59. The molecule has 3 fully saturated rings. The number of carboxylic acid groups (broad SMARTS) is 1. The first-order valence-electron chi connectivity index (χ1n) is 14.5. The smallest absolute Gasteiger partial charge is 0.475 e. The van der Waals surface area contributed by atoms with Gasteiger partial charge in [-0.15, -0.1) is 11.3 Å². The molecule has 3 saturated carbocycles. The van der Waals surface area contributed by atoms with Gasteiger partial charge in [-0.2, -0.15) is 36.7 Å². The van der Waals surface area contributed by atoms with Crippen LogP contribution in [0, 0.1) is 23.1 Å². The van der Waals surface area contributed by atoms with Crippen LogP contribution in [-0.4, -0.2) is 56.5 Å². The molecule has 16 heteroatoms. The lowest BCUT2D eigenvalue weighted by Crippen LogP contribution is -2.66. The number of benzene rings is 1. The molecule has 1 atom stereocenters. The summed E-state index contributed by atoms with van der Waals surface area (Å²) in [6, 6.07) is 8.01. The number of alkyl halides is 6. The van der Waals surface area contributed by atoms with Crippen LogP contribution < -0.4 is 5.32 Å². The molecule has 2 aromatic heterocycles. The van der Waals surface area contributed by atoms with E-state index >= 15 is 4.39 Å². The van der Waals surface area contributed by atoms with E-state index in [1.165, 1.54) is 48.9 Å². The fraction of sp³-hybridized carbons (Fsp3) is 0.419. The molecule has 250 valence electrons. The van der Waals surface area contributed by atoms with Crippen molar-refractivity contribution < 1.29 is 45.4 Å². The lowest BCUT2D eigenvalue weighted by Gasteiger charge is -2.62. The Labute approximate surface area is 268 Å². The number of aliphatic carboxylic acids is 1. The summed E-state index contributed by atoms with van der Waals surface area (Å²) in [6.45, 7) is 2.82. The average molecular weight is 684 g/mol. The maximum Gasteiger partial charge on any atom is 0.490 e. The summed E-state index contributed by atoms with van der Waals surface area (Å²) >= 11 is 1.24. The SMILES string of the molecule is CCn1cc(-c2c(F)cccc2[C@@H]2CN(C(=O)/C=C/CNC34CC(C3)C4)Cc3sc(C#N)cc32)c(C(F)(F)F)n1.O=C(O)C(F)(F)F. The van der Waals surface area contributed by atoms with Crippen molar-refractivity contribution in [1.29, 1.82) is 5.26 Å². The second-order valence-electron chi connectivity index (χ2n) is 11.7. The monoisotopic (exact) mass is 683 g/mol. The number of nitriles is 1. The number of nitrogens with zero attached hydrogens (tertiary/aromatic N) is 4. The van der Waals surface area contributed by atoms with Gasteiger partial charge in [-0.1, -0.05) is 18.2 Å². The zero-order valence-corrected chi connectivity index (χ0v) is 25.6. The first-order valence-corrected chi connectivity index (χ1v) is 15.3. The van der Waals surface area contributed by atoms with Gasteiger partial charge >= 0.3 is 18.3 Å². The Balaban J connectivity index is 0.000000559. The molecule has 4 aliphatic rings. The highest BCUT2D eigenvalue weighted by atomic mass is 32.1. The average Bonchev–Trinajstić information content (AvgIpc) is 3.59. The van der Waals surface area contributed by atoms with Crippen LogP contribution in [0.25, 0.3) is 11.1 Å². The molecule has 0 spiro atoms. The van der Waals surface area contributed by atoms with E-state index in [1.54, 1.807) is 30.0 Å². The maximum atomic E-state index is 15.5. The Bertz CT molecular complexity index is 1740. The van der Waals surface area contributed by atoms with Crippen molar-refractivity contribution in [2.75, 3.05) is 13.1 Å². The maximum absolute atomic E-state index is 15.5. The lowest BCUT2D eigenvalue weighted by molar-refractivity contribution is -0.192. The van der Waals surface area contributed by atoms with Crippen molar-refractivity contribution in [3.05, 3.63) is 75.0 Å². The summed E-state index contributed by atoms with van der Waals surface area (Å²) in [6.07, 6.45) is -1.78. The van der Waals surface area contributed by atoms with Crippen LogP contribution in [0.3, 0.4) is 0 Å². The van der Waals surface area contributed by atoms with Crippen molar-refractivity contribution in [1.82, 2.24) is 20.0 Å². The lowest BCUT2D eigenvalue weighted by atomic mass is 9.50. The minimum absolute atomic E-state index is 0.135. The third-order valence-electron chi connectivity index (χ3n) is 8.56. The number of aromatic nitrogens is 2. The van der Waals surface area contributed by atoms with Gasteiger partial charge in [-0.05, 0) is 55.4 Å². The number of aryl methyl sites for hydroxylation is 1. The zero-order valence-electron chi connectivity index (χ0n) is 24.8. The van der Waals surface area contributed by atoms with Gasteiger partial charge < -0.3 is 15.3 Å². The van der Waals surface area contributed by atoms with Crippen molar-refractivity contribution in [3.8, 4) is 17.2 Å². The standard InChI is InChI=1S/C29H27F4N5OS.C2HF3O2/c1-2-38-15-22(27(36-38)29(31,32)33)26-19(5-3-6-23(26)30)21-14-37(16-24-20(21)9-18(13-34)40-24)25(39)7-4-8-35-28-10-17(11-28)12-28;3-2(4,5)1(6)7/h3-7,9,15,17,21,35H,2,8,10-12,14,16H2,1H3;(H,6,7)/b7-4+;/t17?,21-,28?;/m0./s1. The van der Waals surface area contributed by atoms with Crippen LogP contribution in [-0.2, 0) is 28.9 Å². The van der Waals surface area contributed by atoms with Crippen LogP contribution in [0.1, 0.15) is 58.7 Å². The Morgan fingerprint density at radius 2 is 1.87 bits per heavy atom. The molecule has 47 heavy (non-hydrogen) atoms. The molecule has 0 saturated heterocycles. The number of hydrogen-bond acceptors (Lipinski definition) is 6. The normalized spacial score (nSPS) is 21.6. The van der Waals surface area contributed by atoms with Gasteiger partial charge in [0, 0.05) is 59.4 Å². The Morgan fingerprint density at radius 3 is 2.43 bits per heavy atom. The molecule has 1 amide bonds. The quantitative estimate of drug-likeness (QED) is 0.218. The summed E-state index contributed by atoms with van der Waals surface area (Å²) < 4.78 is 90.3. The number of hydrogen-bond donors (Lipinski definition) is 2. The van der Waals surface area contributed by atoms with Gasteiger partial charge in [-0.3, -0.25) is 9.48 Å². The molecule has 2 bridgehead atoms. The second kappa shape index (κ2) is 12.8. The third kappa shape index (κ3) is 7.05. The Hall–Kier alpha value is -4.23. The Kier molecular flexibility index (Phi) is 9.26. The van der Waals surface area contributed by atoms with Crippen LogP contribution in [0.2, 0.25) is 0 Å². The van der Waals surface area contributed by atoms with Crippen molar-refractivity contribution in [3.63, 3.8) is 0 Å².